The maximum atomic E-state index is 5.64. The molecule has 1 heterocycles. The second-order valence-electron chi connectivity index (χ2n) is 2.93. The average Bonchev–Trinajstić information content (AvgIpc) is 2.08. The van der Waals surface area contributed by atoms with Crippen LogP contribution in [0.5, 0.6) is 0 Å². The van der Waals surface area contributed by atoms with E-state index in [1.165, 1.54) is 0 Å². The Morgan fingerprint density at radius 1 is 1.62 bits per heavy atom. The molecule has 13 heavy (non-hydrogen) atoms. The van der Waals surface area contributed by atoms with Gasteiger partial charge in [-0.3, -0.25) is 0 Å². The summed E-state index contributed by atoms with van der Waals surface area (Å²) < 4.78 is 1.02. The molecule has 0 amide bonds. The minimum Gasteiger partial charge on any atom is -0.328 e. The SMILES string of the molecule is CC(N)CCSc1ccc(Br)cn1. The number of thioether (sulfide) groups is 1. The van der Waals surface area contributed by atoms with Gasteiger partial charge in [-0.05, 0) is 41.4 Å². The van der Waals surface area contributed by atoms with Gasteiger partial charge < -0.3 is 5.73 Å². The van der Waals surface area contributed by atoms with Crippen molar-refractivity contribution in [1.29, 1.82) is 0 Å². The topological polar surface area (TPSA) is 38.9 Å². The van der Waals surface area contributed by atoms with Crippen molar-refractivity contribution in [1.82, 2.24) is 4.98 Å². The number of halogens is 1. The predicted molar refractivity (Wildman–Crippen MR) is 60.9 cm³/mol. The van der Waals surface area contributed by atoms with E-state index in [1.54, 1.807) is 11.8 Å². The first-order valence-corrected chi connectivity index (χ1v) is 5.96. The highest BCUT2D eigenvalue weighted by molar-refractivity contribution is 9.10. The van der Waals surface area contributed by atoms with E-state index in [-0.39, 0.29) is 6.04 Å². The fourth-order valence-electron chi connectivity index (χ4n) is 0.797. The standard InChI is InChI=1S/C9H13BrN2S/c1-7(11)4-5-13-9-3-2-8(10)6-12-9/h2-3,6-7H,4-5,11H2,1H3. The van der Waals surface area contributed by atoms with Crippen LogP contribution in [0.25, 0.3) is 0 Å². The Kier molecular flexibility index (Phi) is 4.77. The summed E-state index contributed by atoms with van der Waals surface area (Å²) in [7, 11) is 0. The maximum absolute atomic E-state index is 5.64. The van der Waals surface area contributed by atoms with Crippen LogP contribution >= 0.6 is 27.7 Å². The second kappa shape index (κ2) is 5.62. The van der Waals surface area contributed by atoms with Gasteiger partial charge in [-0.1, -0.05) is 0 Å². The number of nitrogens with zero attached hydrogens (tertiary/aromatic N) is 1. The van der Waals surface area contributed by atoms with Gasteiger partial charge in [-0.2, -0.15) is 0 Å². The van der Waals surface area contributed by atoms with Gasteiger partial charge in [0.1, 0.15) is 0 Å². The number of pyridine rings is 1. The number of rotatable bonds is 4. The molecule has 72 valence electrons. The number of aromatic nitrogens is 1. The molecule has 1 rings (SSSR count). The highest BCUT2D eigenvalue weighted by atomic mass is 79.9. The molecule has 0 aliphatic rings. The van der Waals surface area contributed by atoms with Crippen molar-refractivity contribution < 1.29 is 0 Å². The van der Waals surface area contributed by atoms with E-state index in [1.807, 2.05) is 25.3 Å². The Bertz CT molecular complexity index is 248. The lowest BCUT2D eigenvalue weighted by molar-refractivity contribution is 0.721. The summed E-state index contributed by atoms with van der Waals surface area (Å²) in [5.41, 5.74) is 5.64. The van der Waals surface area contributed by atoms with E-state index in [4.69, 9.17) is 5.73 Å². The zero-order valence-corrected chi connectivity index (χ0v) is 9.94. The quantitative estimate of drug-likeness (QED) is 0.847. The summed E-state index contributed by atoms with van der Waals surface area (Å²) in [6, 6.07) is 4.29. The Labute approximate surface area is 91.4 Å². The van der Waals surface area contributed by atoms with Crippen LogP contribution in [0.3, 0.4) is 0 Å². The third kappa shape index (κ3) is 4.64. The molecular formula is C9H13BrN2S. The van der Waals surface area contributed by atoms with Gasteiger partial charge in [0.15, 0.2) is 0 Å². The van der Waals surface area contributed by atoms with Gasteiger partial charge in [0, 0.05) is 22.5 Å². The van der Waals surface area contributed by atoms with Gasteiger partial charge in [0.2, 0.25) is 0 Å². The average molecular weight is 261 g/mol. The molecule has 0 bridgehead atoms. The molecule has 1 atom stereocenters. The highest BCUT2D eigenvalue weighted by Crippen LogP contribution is 2.18. The van der Waals surface area contributed by atoms with Crippen LogP contribution in [-0.4, -0.2) is 16.8 Å². The van der Waals surface area contributed by atoms with Crippen LogP contribution in [-0.2, 0) is 0 Å². The van der Waals surface area contributed by atoms with E-state index in [0.29, 0.717) is 0 Å². The van der Waals surface area contributed by atoms with Gasteiger partial charge in [-0.25, -0.2) is 4.98 Å². The first-order chi connectivity index (χ1) is 6.18. The molecule has 0 aromatic carbocycles. The molecule has 0 fully saturated rings. The van der Waals surface area contributed by atoms with Crippen molar-refractivity contribution >= 4 is 27.7 Å². The minimum atomic E-state index is 0.281. The zero-order chi connectivity index (χ0) is 9.68. The van der Waals surface area contributed by atoms with Gasteiger partial charge in [0.05, 0.1) is 5.03 Å². The summed E-state index contributed by atoms with van der Waals surface area (Å²) in [6.07, 6.45) is 2.84. The number of hydrogen-bond donors (Lipinski definition) is 1. The van der Waals surface area contributed by atoms with E-state index in [9.17, 15) is 0 Å². The molecule has 1 aromatic heterocycles. The van der Waals surface area contributed by atoms with Gasteiger partial charge in [-0.15, -0.1) is 11.8 Å². The molecule has 0 spiro atoms. The van der Waals surface area contributed by atoms with Crippen molar-refractivity contribution in [2.75, 3.05) is 5.75 Å². The molecule has 2 nitrogen and oxygen atoms in total. The molecule has 2 N–H and O–H groups in total. The summed E-state index contributed by atoms with van der Waals surface area (Å²) in [4.78, 5) is 4.25. The second-order valence-corrected chi connectivity index (χ2v) is 4.96. The Hall–Kier alpha value is -0.0600. The van der Waals surface area contributed by atoms with Gasteiger partial charge in [0.25, 0.3) is 0 Å². The number of nitrogens with two attached hydrogens (primary N) is 1. The molecule has 1 aromatic rings. The van der Waals surface area contributed by atoms with Crippen LogP contribution in [0.1, 0.15) is 13.3 Å². The molecule has 4 heteroatoms. The fraction of sp³-hybridized carbons (Fsp3) is 0.444. The van der Waals surface area contributed by atoms with E-state index in [2.05, 4.69) is 20.9 Å². The van der Waals surface area contributed by atoms with E-state index >= 15 is 0 Å². The molecule has 0 aliphatic carbocycles. The lowest BCUT2D eigenvalue weighted by atomic mass is 10.3. The molecule has 0 saturated heterocycles. The van der Waals surface area contributed by atoms with Crippen molar-refractivity contribution in [3.63, 3.8) is 0 Å². The monoisotopic (exact) mass is 260 g/mol. The van der Waals surface area contributed by atoms with Crippen LogP contribution in [0.4, 0.5) is 0 Å². The van der Waals surface area contributed by atoms with Crippen molar-refractivity contribution in [3.8, 4) is 0 Å². The lowest BCUT2D eigenvalue weighted by Gasteiger charge is -2.03. The maximum Gasteiger partial charge on any atom is 0.0960 e. The van der Waals surface area contributed by atoms with Crippen molar-refractivity contribution in [2.45, 2.75) is 24.4 Å². The third-order valence-electron chi connectivity index (χ3n) is 1.52. The fourth-order valence-corrected chi connectivity index (χ4v) is 2.02. The van der Waals surface area contributed by atoms with Crippen LogP contribution in [0.15, 0.2) is 27.8 Å². The molecule has 0 aliphatic heterocycles. The normalized spacial score (nSPS) is 12.8. The lowest BCUT2D eigenvalue weighted by Crippen LogP contribution is -2.15. The largest absolute Gasteiger partial charge is 0.328 e. The Morgan fingerprint density at radius 2 is 2.38 bits per heavy atom. The minimum absolute atomic E-state index is 0.281. The van der Waals surface area contributed by atoms with E-state index in [0.717, 1.165) is 21.7 Å². The third-order valence-corrected chi connectivity index (χ3v) is 2.97. The Morgan fingerprint density at radius 3 is 2.92 bits per heavy atom. The number of hydrogen-bond acceptors (Lipinski definition) is 3. The molecule has 0 saturated carbocycles. The van der Waals surface area contributed by atoms with Crippen LogP contribution in [0, 0.1) is 0 Å². The molecular weight excluding hydrogens is 248 g/mol. The molecule has 0 radical (unpaired) electrons. The summed E-state index contributed by atoms with van der Waals surface area (Å²) >= 11 is 5.09. The first kappa shape index (κ1) is 11.0. The zero-order valence-electron chi connectivity index (χ0n) is 7.53. The Balaban J connectivity index is 2.33. The highest BCUT2D eigenvalue weighted by Gasteiger charge is 1.97. The van der Waals surface area contributed by atoms with Gasteiger partial charge >= 0.3 is 0 Å². The summed E-state index contributed by atoms with van der Waals surface area (Å²) in [6.45, 7) is 2.02. The predicted octanol–water partition coefficient (Wildman–Crippen LogP) is 2.67. The van der Waals surface area contributed by atoms with Crippen LogP contribution in [0.2, 0.25) is 0 Å². The van der Waals surface area contributed by atoms with E-state index < -0.39 is 0 Å². The van der Waals surface area contributed by atoms with Crippen molar-refractivity contribution in [2.24, 2.45) is 5.73 Å². The van der Waals surface area contributed by atoms with Crippen molar-refractivity contribution in [3.05, 3.63) is 22.8 Å². The van der Waals surface area contributed by atoms with Crippen LogP contribution < -0.4 is 5.73 Å². The first-order valence-electron chi connectivity index (χ1n) is 4.18. The summed E-state index contributed by atoms with van der Waals surface area (Å²) in [5.74, 6) is 1.03. The molecule has 1 unspecified atom stereocenters. The smallest absolute Gasteiger partial charge is 0.0960 e. The summed E-state index contributed by atoms with van der Waals surface area (Å²) in [5, 5.41) is 1.06.